The van der Waals surface area contributed by atoms with Gasteiger partial charge in [-0.25, -0.2) is 0 Å². The Morgan fingerprint density at radius 1 is 0.769 bits per heavy atom. The molecule has 148 valence electrons. The molecule has 0 aromatic rings. The number of carbonyl (C=O) groups excluding carboxylic acids is 2. The van der Waals surface area contributed by atoms with Gasteiger partial charge in [-0.15, -0.1) is 0 Å². The Hall–Kier alpha value is -1.66. The van der Waals surface area contributed by atoms with Gasteiger partial charge in [0, 0.05) is 26.3 Å². The van der Waals surface area contributed by atoms with E-state index in [-0.39, 0.29) is 11.8 Å². The predicted octanol–water partition coefficient (Wildman–Crippen LogP) is 2.50. The molecule has 6 nitrogen and oxygen atoms in total. The first-order chi connectivity index (χ1) is 12.7. The normalized spacial score (nSPS) is 19.5. The Labute approximate surface area is 157 Å². The Kier molecular flexibility index (Phi) is 12.5. The molecule has 1 saturated carbocycles. The van der Waals surface area contributed by atoms with Crippen LogP contribution in [0.3, 0.4) is 0 Å². The first-order valence-electron chi connectivity index (χ1n) is 9.69. The van der Waals surface area contributed by atoms with E-state index in [1.807, 2.05) is 0 Å². The van der Waals surface area contributed by atoms with E-state index >= 15 is 0 Å². The maximum atomic E-state index is 11.0. The van der Waals surface area contributed by atoms with Crippen LogP contribution in [0.1, 0.15) is 51.4 Å². The van der Waals surface area contributed by atoms with Gasteiger partial charge < -0.3 is 20.1 Å². The van der Waals surface area contributed by atoms with Gasteiger partial charge in [-0.05, 0) is 63.5 Å². The number of hydrogen-bond donors (Lipinski definition) is 2. The zero-order valence-corrected chi connectivity index (χ0v) is 15.8. The van der Waals surface area contributed by atoms with Crippen LogP contribution in [0.25, 0.3) is 0 Å². The largest absolute Gasteiger partial charge is 0.378 e. The van der Waals surface area contributed by atoms with Crippen molar-refractivity contribution in [2.45, 2.75) is 63.6 Å². The van der Waals surface area contributed by atoms with Crippen molar-refractivity contribution in [3.63, 3.8) is 0 Å². The van der Waals surface area contributed by atoms with Crippen molar-refractivity contribution in [1.29, 1.82) is 0 Å². The molecule has 0 aromatic carbocycles. The average molecular weight is 367 g/mol. The van der Waals surface area contributed by atoms with E-state index in [9.17, 15) is 9.59 Å². The van der Waals surface area contributed by atoms with Crippen LogP contribution >= 0.6 is 0 Å². The van der Waals surface area contributed by atoms with Gasteiger partial charge >= 0.3 is 0 Å². The molecular formula is C20H34N2O4. The minimum Gasteiger partial charge on any atom is -0.378 e. The van der Waals surface area contributed by atoms with E-state index in [4.69, 9.17) is 9.47 Å². The van der Waals surface area contributed by atoms with E-state index in [2.05, 4.69) is 23.8 Å². The van der Waals surface area contributed by atoms with Gasteiger partial charge in [0.25, 0.3) is 0 Å². The standard InChI is InChI=1S/C20H34N2O4/c1-3-19(23)21-13-5-7-15-25-17-9-11-18(12-10-17)26-16-8-6-14-22-20(24)4-2/h3-4,17-18H,1-2,5-16H2,(H,21,23)(H,22,24). The molecule has 0 spiro atoms. The van der Waals surface area contributed by atoms with Gasteiger partial charge in [-0.1, -0.05) is 13.2 Å². The summed E-state index contributed by atoms with van der Waals surface area (Å²) < 4.78 is 11.8. The van der Waals surface area contributed by atoms with Crippen molar-refractivity contribution in [2.75, 3.05) is 26.3 Å². The minimum atomic E-state index is -0.120. The molecule has 0 heterocycles. The molecule has 0 aliphatic heterocycles. The molecule has 1 rings (SSSR count). The van der Waals surface area contributed by atoms with Crippen molar-refractivity contribution >= 4 is 11.8 Å². The van der Waals surface area contributed by atoms with Crippen LogP contribution in [0.15, 0.2) is 25.3 Å². The van der Waals surface area contributed by atoms with E-state index in [0.717, 1.165) is 64.6 Å². The molecule has 2 amide bonds. The molecule has 1 aliphatic rings. The molecule has 2 N–H and O–H groups in total. The number of ether oxygens (including phenoxy) is 2. The Morgan fingerprint density at radius 3 is 1.50 bits per heavy atom. The fourth-order valence-electron chi connectivity index (χ4n) is 2.89. The third kappa shape index (κ3) is 11.1. The van der Waals surface area contributed by atoms with Crippen LogP contribution in [0.2, 0.25) is 0 Å². The Balaban J connectivity index is 1.92. The second-order valence-corrected chi connectivity index (χ2v) is 6.54. The summed E-state index contributed by atoms with van der Waals surface area (Å²) in [5, 5.41) is 5.53. The predicted molar refractivity (Wildman–Crippen MR) is 103 cm³/mol. The highest BCUT2D eigenvalue weighted by molar-refractivity contribution is 5.87. The number of carbonyl (C=O) groups is 2. The Bertz CT molecular complexity index is 392. The second kappa shape index (κ2) is 14.5. The lowest BCUT2D eigenvalue weighted by molar-refractivity contribution is -0.117. The first-order valence-corrected chi connectivity index (χ1v) is 9.69. The van der Waals surface area contributed by atoms with Crippen LogP contribution in [0.4, 0.5) is 0 Å². The van der Waals surface area contributed by atoms with Crippen molar-refractivity contribution < 1.29 is 19.1 Å². The lowest BCUT2D eigenvalue weighted by Gasteiger charge is -2.28. The lowest BCUT2D eigenvalue weighted by Crippen LogP contribution is -2.27. The zero-order valence-electron chi connectivity index (χ0n) is 15.8. The summed E-state index contributed by atoms with van der Waals surface area (Å²) in [6.07, 6.45) is 11.2. The van der Waals surface area contributed by atoms with Crippen LogP contribution in [0.5, 0.6) is 0 Å². The fraction of sp³-hybridized carbons (Fsp3) is 0.700. The highest BCUT2D eigenvalue weighted by Gasteiger charge is 2.21. The average Bonchev–Trinajstić information content (AvgIpc) is 2.67. The molecule has 26 heavy (non-hydrogen) atoms. The van der Waals surface area contributed by atoms with E-state index in [1.165, 1.54) is 12.2 Å². The van der Waals surface area contributed by atoms with E-state index in [1.54, 1.807) is 0 Å². The molecular weight excluding hydrogens is 332 g/mol. The summed E-state index contributed by atoms with van der Waals surface area (Å²) in [6.45, 7) is 9.68. The quantitative estimate of drug-likeness (QED) is 0.366. The van der Waals surface area contributed by atoms with Gasteiger partial charge in [0.15, 0.2) is 0 Å². The van der Waals surface area contributed by atoms with E-state index in [0.29, 0.717) is 25.3 Å². The van der Waals surface area contributed by atoms with Crippen LogP contribution in [0, 0.1) is 0 Å². The molecule has 0 saturated heterocycles. The smallest absolute Gasteiger partial charge is 0.243 e. The van der Waals surface area contributed by atoms with Gasteiger partial charge in [-0.3, -0.25) is 9.59 Å². The summed E-state index contributed by atoms with van der Waals surface area (Å²) in [4.78, 5) is 22.0. The van der Waals surface area contributed by atoms with E-state index < -0.39 is 0 Å². The van der Waals surface area contributed by atoms with Gasteiger partial charge in [-0.2, -0.15) is 0 Å². The molecule has 6 heteroatoms. The molecule has 1 fully saturated rings. The zero-order chi connectivity index (χ0) is 19.0. The highest BCUT2D eigenvalue weighted by Crippen LogP contribution is 2.23. The van der Waals surface area contributed by atoms with Crippen molar-refractivity contribution in [3.8, 4) is 0 Å². The van der Waals surface area contributed by atoms with Gasteiger partial charge in [0.1, 0.15) is 0 Å². The fourth-order valence-corrected chi connectivity index (χ4v) is 2.89. The van der Waals surface area contributed by atoms with Crippen LogP contribution in [-0.2, 0) is 19.1 Å². The summed E-state index contributed by atoms with van der Waals surface area (Å²) in [5.74, 6) is -0.239. The SMILES string of the molecule is C=CC(=O)NCCCCOC1CCC(OCCCCNC(=O)C=C)CC1. The minimum absolute atomic E-state index is 0.120. The number of amides is 2. The molecule has 0 unspecified atom stereocenters. The van der Waals surface area contributed by atoms with Gasteiger partial charge in [0.2, 0.25) is 11.8 Å². The summed E-state index contributed by atoms with van der Waals surface area (Å²) in [6, 6.07) is 0. The molecule has 0 radical (unpaired) electrons. The molecule has 0 aromatic heterocycles. The third-order valence-corrected chi connectivity index (χ3v) is 4.44. The molecule has 0 atom stereocenters. The Morgan fingerprint density at radius 2 is 1.15 bits per heavy atom. The topological polar surface area (TPSA) is 76.7 Å². The molecule has 0 bridgehead atoms. The number of unbranched alkanes of at least 4 members (excludes halogenated alkanes) is 2. The summed E-state index contributed by atoms with van der Waals surface area (Å²) >= 11 is 0. The second-order valence-electron chi connectivity index (χ2n) is 6.54. The number of rotatable bonds is 14. The van der Waals surface area contributed by atoms with Crippen molar-refractivity contribution in [1.82, 2.24) is 10.6 Å². The van der Waals surface area contributed by atoms with Crippen molar-refractivity contribution in [3.05, 3.63) is 25.3 Å². The monoisotopic (exact) mass is 366 g/mol. The van der Waals surface area contributed by atoms with Crippen molar-refractivity contribution in [2.24, 2.45) is 0 Å². The maximum Gasteiger partial charge on any atom is 0.243 e. The third-order valence-electron chi connectivity index (χ3n) is 4.44. The number of nitrogens with one attached hydrogen (secondary N) is 2. The van der Waals surface area contributed by atoms with Crippen LogP contribution in [-0.4, -0.2) is 50.3 Å². The summed E-state index contributed by atoms with van der Waals surface area (Å²) in [5.41, 5.74) is 0. The lowest BCUT2D eigenvalue weighted by atomic mass is 9.95. The number of hydrogen-bond acceptors (Lipinski definition) is 4. The maximum absolute atomic E-state index is 11.0. The molecule has 1 aliphatic carbocycles. The first kappa shape index (κ1) is 22.4. The van der Waals surface area contributed by atoms with Gasteiger partial charge in [0.05, 0.1) is 12.2 Å². The summed E-state index contributed by atoms with van der Waals surface area (Å²) in [7, 11) is 0. The van der Waals surface area contributed by atoms with Crippen LogP contribution < -0.4 is 10.6 Å². The highest BCUT2D eigenvalue weighted by atomic mass is 16.5.